The zero-order valence-corrected chi connectivity index (χ0v) is 21.8. The number of aromatic nitrogens is 2. The van der Waals surface area contributed by atoms with Gasteiger partial charge in [0, 0.05) is 29.4 Å². The lowest BCUT2D eigenvalue weighted by Gasteiger charge is -2.24. The first-order chi connectivity index (χ1) is 16.9. The van der Waals surface area contributed by atoms with E-state index in [-0.39, 0.29) is 0 Å². The van der Waals surface area contributed by atoms with Crippen LogP contribution in [0, 0.1) is 20.8 Å². The Labute approximate surface area is 212 Å². The molecule has 192 valence electrons. The van der Waals surface area contributed by atoms with Gasteiger partial charge in [-0.25, -0.2) is 4.79 Å². The van der Waals surface area contributed by atoms with Crippen LogP contribution < -0.4 is 4.90 Å². The maximum absolute atomic E-state index is 10.6. The topological polar surface area (TPSA) is 58.4 Å². The molecule has 2 aromatic heterocycles. The molecule has 4 rings (SSSR count). The summed E-state index contributed by atoms with van der Waals surface area (Å²) in [5.41, 5.74) is 7.56. The van der Waals surface area contributed by atoms with Gasteiger partial charge in [0.25, 0.3) is 0 Å². The molecule has 0 radical (unpaired) electrons. The number of aryl methyl sites for hydroxylation is 4. The van der Waals surface area contributed by atoms with Crippen LogP contribution in [0.3, 0.4) is 0 Å². The average Bonchev–Trinajstić information content (AvgIpc) is 3.39. The summed E-state index contributed by atoms with van der Waals surface area (Å²) in [5, 5.41) is 15.5. The van der Waals surface area contributed by atoms with Gasteiger partial charge in [-0.15, -0.1) is 11.3 Å². The SMILES string of the molecule is CCCN(Cc1cccs1)c1c2cccc(-c3c(C)cc(C)cc3C)c2nn1C.O=C(O)C(F)(F)F. The van der Waals surface area contributed by atoms with E-state index >= 15 is 0 Å². The number of anilines is 1. The molecule has 2 aromatic carbocycles. The Morgan fingerprint density at radius 2 is 1.75 bits per heavy atom. The quantitative estimate of drug-likeness (QED) is 0.292. The van der Waals surface area contributed by atoms with Crippen molar-refractivity contribution in [2.24, 2.45) is 7.05 Å². The molecule has 0 amide bonds. The number of halogens is 3. The van der Waals surface area contributed by atoms with Gasteiger partial charge >= 0.3 is 12.1 Å². The lowest BCUT2D eigenvalue weighted by atomic mass is 9.92. The molecule has 4 aromatic rings. The van der Waals surface area contributed by atoms with E-state index in [0.29, 0.717) is 0 Å². The van der Waals surface area contributed by atoms with Crippen LogP contribution in [0.1, 0.15) is 34.9 Å². The summed E-state index contributed by atoms with van der Waals surface area (Å²) < 4.78 is 33.8. The second kappa shape index (κ2) is 11.2. The van der Waals surface area contributed by atoms with Crippen molar-refractivity contribution in [3.05, 3.63) is 69.4 Å². The van der Waals surface area contributed by atoms with Crippen LogP contribution in [0.2, 0.25) is 0 Å². The van der Waals surface area contributed by atoms with Crippen molar-refractivity contribution in [3.8, 4) is 11.1 Å². The summed E-state index contributed by atoms with van der Waals surface area (Å²) in [6.07, 6.45) is -3.98. The Morgan fingerprint density at radius 1 is 1.11 bits per heavy atom. The van der Waals surface area contributed by atoms with Crippen molar-refractivity contribution < 1.29 is 23.1 Å². The van der Waals surface area contributed by atoms with Gasteiger partial charge in [0.15, 0.2) is 0 Å². The van der Waals surface area contributed by atoms with Gasteiger partial charge in [0.2, 0.25) is 0 Å². The van der Waals surface area contributed by atoms with Crippen molar-refractivity contribution in [2.45, 2.75) is 46.8 Å². The third-order valence-electron chi connectivity index (χ3n) is 5.74. The van der Waals surface area contributed by atoms with E-state index in [1.54, 1.807) is 0 Å². The third kappa shape index (κ3) is 6.07. The first-order valence-electron chi connectivity index (χ1n) is 11.5. The van der Waals surface area contributed by atoms with Crippen molar-refractivity contribution in [3.63, 3.8) is 0 Å². The number of aliphatic carboxylic acids is 1. The van der Waals surface area contributed by atoms with Crippen molar-refractivity contribution in [2.75, 3.05) is 11.4 Å². The summed E-state index contributed by atoms with van der Waals surface area (Å²) in [6.45, 7) is 10.8. The predicted octanol–water partition coefficient (Wildman–Crippen LogP) is 7.28. The Morgan fingerprint density at radius 3 is 2.28 bits per heavy atom. The van der Waals surface area contributed by atoms with Crippen molar-refractivity contribution in [1.82, 2.24) is 9.78 Å². The molecular weight excluding hydrogens is 487 g/mol. The van der Waals surface area contributed by atoms with Crippen molar-refractivity contribution >= 4 is 34.0 Å². The maximum atomic E-state index is 10.6. The van der Waals surface area contributed by atoms with E-state index in [9.17, 15) is 13.2 Å². The Kier molecular flexibility index (Phi) is 8.45. The van der Waals surface area contributed by atoms with Gasteiger partial charge in [-0.1, -0.05) is 42.8 Å². The average molecular weight is 518 g/mol. The van der Waals surface area contributed by atoms with Gasteiger partial charge < -0.3 is 10.0 Å². The number of hydrogen-bond acceptors (Lipinski definition) is 4. The number of nitrogens with zero attached hydrogens (tertiary/aromatic N) is 3. The van der Waals surface area contributed by atoms with Gasteiger partial charge in [-0.2, -0.15) is 18.3 Å². The minimum Gasteiger partial charge on any atom is -0.475 e. The Balaban J connectivity index is 0.000000454. The Hall–Kier alpha value is -3.33. The smallest absolute Gasteiger partial charge is 0.475 e. The molecule has 0 bridgehead atoms. The molecule has 2 heterocycles. The number of carbonyl (C=O) groups is 1. The monoisotopic (exact) mass is 517 g/mol. The highest BCUT2D eigenvalue weighted by atomic mass is 32.1. The van der Waals surface area contributed by atoms with Crippen LogP contribution in [-0.2, 0) is 18.4 Å². The molecule has 0 saturated heterocycles. The third-order valence-corrected chi connectivity index (χ3v) is 6.60. The van der Waals surface area contributed by atoms with Crippen molar-refractivity contribution in [1.29, 1.82) is 0 Å². The van der Waals surface area contributed by atoms with Gasteiger partial charge in [0.05, 0.1) is 6.54 Å². The molecule has 9 heteroatoms. The van der Waals surface area contributed by atoms with Crippen LogP contribution in [0.25, 0.3) is 22.0 Å². The first-order valence-corrected chi connectivity index (χ1v) is 12.4. The fraction of sp³-hybridized carbons (Fsp3) is 0.333. The number of rotatable bonds is 6. The molecular formula is C27H30F3N3O2S. The molecule has 0 aliphatic rings. The molecule has 0 aliphatic carbocycles. The summed E-state index contributed by atoms with van der Waals surface area (Å²) in [5.74, 6) is -1.55. The highest BCUT2D eigenvalue weighted by Gasteiger charge is 2.38. The van der Waals surface area contributed by atoms with Gasteiger partial charge in [0.1, 0.15) is 11.3 Å². The summed E-state index contributed by atoms with van der Waals surface area (Å²) >= 11 is 1.82. The minimum absolute atomic E-state index is 0.924. The van der Waals surface area contributed by atoms with Crippen LogP contribution in [0.4, 0.5) is 19.0 Å². The Bertz CT molecular complexity index is 1320. The van der Waals surface area contributed by atoms with Gasteiger partial charge in [-0.3, -0.25) is 4.68 Å². The minimum atomic E-state index is -5.08. The van der Waals surface area contributed by atoms with E-state index in [1.807, 2.05) is 11.3 Å². The van der Waals surface area contributed by atoms with E-state index in [2.05, 4.69) is 92.2 Å². The molecule has 0 saturated carbocycles. The zero-order valence-electron chi connectivity index (χ0n) is 21.0. The standard InChI is InChI=1S/C25H29N3S.C2HF3O2/c1-6-12-28(16-20-9-8-13-29-20)25-22-11-7-10-21(24(22)26-27(25)5)23-18(3)14-17(2)15-19(23)4;3-2(4,5)1(6)7/h7-11,13-15H,6,12,16H2,1-5H3;(H,6,7). The largest absolute Gasteiger partial charge is 0.490 e. The van der Waals surface area contributed by atoms with E-state index in [1.165, 1.54) is 43.9 Å². The molecule has 0 fully saturated rings. The number of hydrogen-bond donors (Lipinski definition) is 1. The normalized spacial score (nSPS) is 11.3. The highest BCUT2D eigenvalue weighted by molar-refractivity contribution is 7.09. The lowest BCUT2D eigenvalue weighted by Crippen LogP contribution is -2.25. The number of carboxylic acid groups (broad SMARTS) is 1. The summed E-state index contributed by atoms with van der Waals surface area (Å²) in [6, 6.07) is 15.5. The van der Waals surface area contributed by atoms with Crippen LogP contribution in [0.15, 0.2) is 47.8 Å². The van der Waals surface area contributed by atoms with Crippen LogP contribution in [0.5, 0.6) is 0 Å². The van der Waals surface area contributed by atoms with Crippen LogP contribution in [-0.4, -0.2) is 33.6 Å². The second-order valence-electron chi connectivity index (χ2n) is 8.73. The number of fused-ring (bicyclic) bond motifs is 1. The molecule has 0 unspecified atom stereocenters. The molecule has 0 spiro atoms. The molecule has 36 heavy (non-hydrogen) atoms. The fourth-order valence-electron chi connectivity index (χ4n) is 4.51. The maximum Gasteiger partial charge on any atom is 0.490 e. The molecule has 0 atom stereocenters. The van der Waals surface area contributed by atoms with E-state index < -0.39 is 12.1 Å². The van der Waals surface area contributed by atoms with Gasteiger partial charge in [-0.05, 0) is 61.4 Å². The molecule has 5 nitrogen and oxygen atoms in total. The fourth-order valence-corrected chi connectivity index (χ4v) is 5.22. The number of thiophene rings is 1. The molecule has 0 aliphatic heterocycles. The van der Waals surface area contributed by atoms with Crippen LogP contribution >= 0.6 is 11.3 Å². The van der Waals surface area contributed by atoms with E-state index in [0.717, 1.165) is 25.0 Å². The number of benzene rings is 2. The summed E-state index contributed by atoms with van der Waals surface area (Å²) in [7, 11) is 2.07. The number of alkyl halides is 3. The van der Waals surface area contributed by atoms with E-state index in [4.69, 9.17) is 15.0 Å². The predicted molar refractivity (Wildman–Crippen MR) is 140 cm³/mol. The highest BCUT2D eigenvalue weighted by Crippen LogP contribution is 2.37. The zero-order chi connectivity index (χ0) is 26.6. The lowest BCUT2D eigenvalue weighted by molar-refractivity contribution is -0.192. The second-order valence-corrected chi connectivity index (χ2v) is 9.76. The summed E-state index contributed by atoms with van der Waals surface area (Å²) in [4.78, 5) is 12.8. The number of carboxylic acids is 1. The molecule has 1 N–H and O–H groups in total. The first kappa shape index (κ1) is 27.3.